The van der Waals surface area contributed by atoms with E-state index in [0.717, 1.165) is 11.3 Å². The van der Waals surface area contributed by atoms with Crippen LogP contribution >= 0.6 is 0 Å². The van der Waals surface area contributed by atoms with Crippen LogP contribution in [0.25, 0.3) is 11.3 Å². The molecular formula is C16H11NO2. The summed E-state index contributed by atoms with van der Waals surface area (Å²) >= 11 is 0. The van der Waals surface area contributed by atoms with Gasteiger partial charge in [0.25, 0.3) is 0 Å². The standard InChI is InChI=1S/C16H11NO2/c18-16(14-7-9-17-10-8-14)13-5-3-12(4-6-13)15-2-1-11-19-15/h1-11H. The minimum atomic E-state index is -0.00612. The summed E-state index contributed by atoms with van der Waals surface area (Å²) in [5.41, 5.74) is 2.25. The summed E-state index contributed by atoms with van der Waals surface area (Å²) in [5, 5.41) is 0. The first kappa shape index (κ1) is 11.4. The van der Waals surface area contributed by atoms with Crippen molar-refractivity contribution in [3.63, 3.8) is 0 Å². The van der Waals surface area contributed by atoms with Crippen LogP contribution in [0.3, 0.4) is 0 Å². The fraction of sp³-hybridized carbons (Fsp3) is 0. The maximum atomic E-state index is 12.2. The van der Waals surface area contributed by atoms with Crippen LogP contribution in [0.1, 0.15) is 15.9 Å². The Hall–Kier alpha value is -2.68. The molecule has 3 nitrogen and oxygen atoms in total. The quantitative estimate of drug-likeness (QED) is 0.666. The zero-order valence-electron chi connectivity index (χ0n) is 10.1. The van der Waals surface area contributed by atoms with Crippen molar-refractivity contribution in [1.29, 1.82) is 0 Å². The predicted octanol–water partition coefficient (Wildman–Crippen LogP) is 3.57. The zero-order valence-corrected chi connectivity index (χ0v) is 10.1. The van der Waals surface area contributed by atoms with Crippen molar-refractivity contribution in [2.75, 3.05) is 0 Å². The van der Waals surface area contributed by atoms with Crippen LogP contribution in [0.2, 0.25) is 0 Å². The highest BCUT2D eigenvalue weighted by molar-refractivity contribution is 6.09. The van der Waals surface area contributed by atoms with Crippen molar-refractivity contribution in [2.24, 2.45) is 0 Å². The van der Waals surface area contributed by atoms with E-state index >= 15 is 0 Å². The van der Waals surface area contributed by atoms with E-state index in [0.29, 0.717) is 11.1 Å². The van der Waals surface area contributed by atoms with Crippen molar-refractivity contribution in [3.8, 4) is 11.3 Å². The van der Waals surface area contributed by atoms with Gasteiger partial charge in [-0.1, -0.05) is 24.3 Å². The summed E-state index contributed by atoms with van der Waals surface area (Å²) in [5.74, 6) is 0.788. The lowest BCUT2D eigenvalue weighted by Gasteiger charge is -2.02. The van der Waals surface area contributed by atoms with Crippen LogP contribution in [-0.4, -0.2) is 10.8 Å². The molecule has 0 fully saturated rings. The molecule has 1 aromatic carbocycles. The molecular weight excluding hydrogens is 238 g/mol. The number of nitrogens with zero attached hydrogens (tertiary/aromatic N) is 1. The number of furan rings is 1. The highest BCUT2D eigenvalue weighted by Crippen LogP contribution is 2.20. The molecule has 3 aromatic rings. The van der Waals surface area contributed by atoms with Crippen LogP contribution in [0, 0.1) is 0 Å². The second-order valence-electron chi connectivity index (χ2n) is 4.12. The highest BCUT2D eigenvalue weighted by atomic mass is 16.3. The lowest BCUT2D eigenvalue weighted by atomic mass is 10.0. The summed E-state index contributed by atoms with van der Waals surface area (Å²) in [4.78, 5) is 16.1. The number of carbonyl (C=O) groups is 1. The van der Waals surface area contributed by atoms with E-state index in [1.807, 2.05) is 24.3 Å². The molecule has 0 N–H and O–H groups in total. The molecule has 0 aliphatic heterocycles. The highest BCUT2D eigenvalue weighted by Gasteiger charge is 2.09. The number of hydrogen-bond donors (Lipinski definition) is 0. The monoisotopic (exact) mass is 249 g/mol. The van der Waals surface area contributed by atoms with Gasteiger partial charge in [0.1, 0.15) is 5.76 Å². The van der Waals surface area contributed by atoms with Gasteiger partial charge >= 0.3 is 0 Å². The number of aromatic nitrogens is 1. The van der Waals surface area contributed by atoms with Crippen LogP contribution in [0.4, 0.5) is 0 Å². The zero-order chi connectivity index (χ0) is 13.1. The molecule has 2 aromatic heterocycles. The Kier molecular flexibility index (Phi) is 2.94. The number of ketones is 1. The number of hydrogen-bond acceptors (Lipinski definition) is 3. The summed E-state index contributed by atoms with van der Waals surface area (Å²) < 4.78 is 5.31. The molecule has 19 heavy (non-hydrogen) atoms. The van der Waals surface area contributed by atoms with E-state index in [1.54, 1.807) is 42.9 Å². The molecule has 0 aliphatic rings. The van der Waals surface area contributed by atoms with Gasteiger partial charge in [-0.25, -0.2) is 0 Å². The molecule has 0 saturated carbocycles. The second kappa shape index (κ2) is 4.90. The Labute approximate surface area is 110 Å². The average molecular weight is 249 g/mol. The van der Waals surface area contributed by atoms with Gasteiger partial charge in [-0.2, -0.15) is 0 Å². The summed E-state index contributed by atoms with van der Waals surface area (Å²) in [6.45, 7) is 0. The van der Waals surface area contributed by atoms with Gasteiger partial charge in [-0.05, 0) is 24.3 Å². The van der Waals surface area contributed by atoms with E-state index in [1.165, 1.54) is 0 Å². The van der Waals surface area contributed by atoms with Crippen molar-refractivity contribution in [2.45, 2.75) is 0 Å². The maximum absolute atomic E-state index is 12.2. The lowest BCUT2D eigenvalue weighted by molar-refractivity contribution is 0.103. The second-order valence-corrected chi connectivity index (χ2v) is 4.12. The molecule has 3 heteroatoms. The molecule has 2 heterocycles. The fourth-order valence-electron chi connectivity index (χ4n) is 1.90. The van der Waals surface area contributed by atoms with Crippen LogP contribution in [0.15, 0.2) is 71.6 Å². The first-order chi connectivity index (χ1) is 9.34. The number of rotatable bonds is 3. The van der Waals surface area contributed by atoms with Gasteiger partial charge in [0.05, 0.1) is 6.26 Å². The topological polar surface area (TPSA) is 43.1 Å². The summed E-state index contributed by atoms with van der Waals surface area (Å²) in [7, 11) is 0. The van der Waals surface area contributed by atoms with E-state index in [9.17, 15) is 4.79 Å². The molecule has 92 valence electrons. The first-order valence-corrected chi connectivity index (χ1v) is 5.93. The third-order valence-corrected chi connectivity index (χ3v) is 2.90. The summed E-state index contributed by atoms with van der Waals surface area (Å²) in [6.07, 6.45) is 4.86. The molecule has 0 aliphatic carbocycles. The Morgan fingerprint density at radius 1 is 0.895 bits per heavy atom. The normalized spacial score (nSPS) is 10.3. The molecule has 3 rings (SSSR count). The van der Waals surface area contributed by atoms with Gasteiger partial charge in [0.2, 0.25) is 0 Å². The molecule has 0 bridgehead atoms. The number of carbonyl (C=O) groups excluding carboxylic acids is 1. The Balaban J connectivity index is 1.89. The van der Waals surface area contributed by atoms with Crippen molar-refractivity contribution in [3.05, 3.63) is 78.3 Å². The SMILES string of the molecule is O=C(c1ccncc1)c1ccc(-c2ccco2)cc1. The molecule has 0 atom stereocenters. The Bertz CT molecular complexity index is 671. The molecule has 0 radical (unpaired) electrons. The van der Waals surface area contributed by atoms with Crippen LogP contribution in [0.5, 0.6) is 0 Å². The van der Waals surface area contributed by atoms with Crippen molar-refractivity contribution < 1.29 is 9.21 Å². The molecule has 0 amide bonds. The smallest absolute Gasteiger partial charge is 0.193 e. The van der Waals surface area contributed by atoms with Gasteiger partial charge in [-0.15, -0.1) is 0 Å². The van der Waals surface area contributed by atoms with Crippen molar-refractivity contribution >= 4 is 5.78 Å². The average Bonchev–Trinajstić information content (AvgIpc) is 3.02. The number of benzene rings is 1. The van der Waals surface area contributed by atoms with Crippen LogP contribution in [-0.2, 0) is 0 Å². The van der Waals surface area contributed by atoms with Gasteiger partial charge in [0.15, 0.2) is 5.78 Å². The lowest BCUT2D eigenvalue weighted by Crippen LogP contribution is -2.00. The van der Waals surface area contributed by atoms with Gasteiger partial charge in [0, 0.05) is 29.1 Å². The van der Waals surface area contributed by atoms with Gasteiger partial charge in [-0.3, -0.25) is 9.78 Å². The maximum Gasteiger partial charge on any atom is 0.193 e. The molecule has 0 spiro atoms. The van der Waals surface area contributed by atoms with E-state index in [2.05, 4.69) is 4.98 Å². The Morgan fingerprint density at radius 2 is 1.58 bits per heavy atom. The van der Waals surface area contributed by atoms with Crippen molar-refractivity contribution in [1.82, 2.24) is 4.98 Å². The predicted molar refractivity (Wildman–Crippen MR) is 71.8 cm³/mol. The molecule has 0 unspecified atom stereocenters. The van der Waals surface area contributed by atoms with E-state index < -0.39 is 0 Å². The van der Waals surface area contributed by atoms with E-state index in [4.69, 9.17) is 4.42 Å². The summed E-state index contributed by atoms with van der Waals surface area (Å²) in [6, 6.07) is 14.5. The van der Waals surface area contributed by atoms with Gasteiger partial charge < -0.3 is 4.42 Å². The van der Waals surface area contributed by atoms with E-state index in [-0.39, 0.29) is 5.78 Å². The fourth-order valence-corrected chi connectivity index (χ4v) is 1.90. The number of pyridine rings is 1. The minimum absolute atomic E-state index is 0.00612. The molecule has 0 saturated heterocycles. The Morgan fingerprint density at radius 3 is 2.21 bits per heavy atom. The third-order valence-electron chi connectivity index (χ3n) is 2.90. The minimum Gasteiger partial charge on any atom is -0.464 e. The third kappa shape index (κ3) is 2.31. The first-order valence-electron chi connectivity index (χ1n) is 5.93. The largest absolute Gasteiger partial charge is 0.464 e. The van der Waals surface area contributed by atoms with Crippen LogP contribution < -0.4 is 0 Å².